The van der Waals surface area contributed by atoms with Gasteiger partial charge in [-0.1, -0.05) is 24.3 Å². The molecule has 1 fully saturated rings. The number of carbonyl (C=O) groups is 1. The van der Waals surface area contributed by atoms with E-state index < -0.39 is 0 Å². The van der Waals surface area contributed by atoms with Gasteiger partial charge in [0.15, 0.2) is 5.78 Å². The standard InChI is InChI=1S/C21H23N5O/c22-18-6-5-16(15-3-1-2-4-15)11-17(18)12-20(27)19-13-25-21(14-24-19)26-9-7-23-8-10-26/h1-3,5-6,11,13-14,23H,4,7-10,12,22H2. The Hall–Kier alpha value is -2.99. The summed E-state index contributed by atoms with van der Waals surface area (Å²) in [4.78, 5) is 23.6. The number of rotatable bonds is 5. The first kappa shape index (κ1) is 17.4. The van der Waals surface area contributed by atoms with E-state index in [0.717, 1.165) is 49.5 Å². The van der Waals surface area contributed by atoms with Crippen LogP contribution in [0, 0.1) is 0 Å². The van der Waals surface area contributed by atoms with Crippen LogP contribution < -0.4 is 16.0 Å². The number of aromatic nitrogens is 2. The number of piperazine rings is 1. The maximum absolute atomic E-state index is 12.7. The molecule has 2 aromatic rings. The highest BCUT2D eigenvalue weighted by Crippen LogP contribution is 2.26. The summed E-state index contributed by atoms with van der Waals surface area (Å²) in [5, 5.41) is 3.31. The van der Waals surface area contributed by atoms with Gasteiger partial charge in [0.1, 0.15) is 11.5 Å². The molecule has 0 saturated carbocycles. The zero-order valence-electron chi connectivity index (χ0n) is 15.2. The summed E-state index contributed by atoms with van der Waals surface area (Å²) < 4.78 is 0. The molecule has 6 nitrogen and oxygen atoms in total. The van der Waals surface area contributed by atoms with Gasteiger partial charge in [0.05, 0.1) is 12.4 Å². The minimum absolute atomic E-state index is 0.0725. The van der Waals surface area contributed by atoms with Gasteiger partial charge in [-0.3, -0.25) is 4.79 Å². The second-order valence-corrected chi connectivity index (χ2v) is 6.83. The molecular weight excluding hydrogens is 338 g/mol. The average molecular weight is 361 g/mol. The molecule has 0 atom stereocenters. The molecule has 0 spiro atoms. The summed E-state index contributed by atoms with van der Waals surface area (Å²) in [5.41, 5.74) is 10.3. The highest BCUT2D eigenvalue weighted by Gasteiger charge is 2.16. The normalized spacial score (nSPS) is 16.4. The largest absolute Gasteiger partial charge is 0.398 e. The molecule has 1 aliphatic carbocycles. The maximum Gasteiger partial charge on any atom is 0.187 e. The molecule has 1 aromatic heterocycles. The number of ketones is 1. The summed E-state index contributed by atoms with van der Waals surface area (Å²) >= 11 is 0. The van der Waals surface area contributed by atoms with Crippen molar-refractivity contribution in [2.24, 2.45) is 0 Å². The molecular formula is C21H23N5O. The van der Waals surface area contributed by atoms with E-state index in [-0.39, 0.29) is 12.2 Å². The van der Waals surface area contributed by atoms with Gasteiger partial charge in [-0.2, -0.15) is 0 Å². The van der Waals surface area contributed by atoms with Gasteiger partial charge in [0, 0.05) is 38.3 Å². The molecule has 2 aliphatic rings. The Labute approximate surface area is 158 Å². The van der Waals surface area contributed by atoms with Crippen LogP contribution in [-0.4, -0.2) is 41.9 Å². The number of hydrogen-bond acceptors (Lipinski definition) is 6. The lowest BCUT2D eigenvalue weighted by molar-refractivity contribution is 0.0988. The molecule has 0 unspecified atom stereocenters. The van der Waals surface area contributed by atoms with Crippen LogP contribution in [0.3, 0.4) is 0 Å². The van der Waals surface area contributed by atoms with Gasteiger partial charge in [0.2, 0.25) is 0 Å². The van der Waals surface area contributed by atoms with Crippen molar-refractivity contribution in [2.45, 2.75) is 12.8 Å². The molecule has 3 N–H and O–H groups in total. The summed E-state index contributed by atoms with van der Waals surface area (Å²) in [6.45, 7) is 3.67. The van der Waals surface area contributed by atoms with Crippen LogP contribution in [0.1, 0.15) is 28.0 Å². The fraction of sp³-hybridized carbons (Fsp3) is 0.286. The van der Waals surface area contributed by atoms with Crippen molar-refractivity contribution in [3.63, 3.8) is 0 Å². The van der Waals surface area contributed by atoms with E-state index in [0.29, 0.717) is 11.4 Å². The quantitative estimate of drug-likeness (QED) is 0.628. The Morgan fingerprint density at radius 2 is 2.04 bits per heavy atom. The summed E-state index contributed by atoms with van der Waals surface area (Å²) in [7, 11) is 0. The topological polar surface area (TPSA) is 84.1 Å². The Morgan fingerprint density at radius 3 is 2.74 bits per heavy atom. The highest BCUT2D eigenvalue weighted by molar-refractivity contribution is 5.96. The van der Waals surface area contributed by atoms with Crippen LogP contribution >= 0.6 is 0 Å². The lowest BCUT2D eigenvalue weighted by atomic mass is 9.98. The molecule has 1 aromatic carbocycles. The first-order valence-corrected chi connectivity index (χ1v) is 9.26. The van der Waals surface area contributed by atoms with E-state index in [4.69, 9.17) is 5.73 Å². The predicted molar refractivity (Wildman–Crippen MR) is 108 cm³/mol. The fourth-order valence-electron chi connectivity index (χ4n) is 3.41. The molecule has 1 saturated heterocycles. The average Bonchev–Trinajstić information content (AvgIpc) is 3.25. The minimum atomic E-state index is -0.0725. The summed E-state index contributed by atoms with van der Waals surface area (Å²) in [5.74, 6) is 0.743. The van der Waals surface area contributed by atoms with E-state index in [1.165, 1.54) is 5.57 Å². The molecule has 0 amide bonds. The molecule has 6 heteroatoms. The van der Waals surface area contributed by atoms with Crippen LogP contribution in [0.2, 0.25) is 0 Å². The highest BCUT2D eigenvalue weighted by atomic mass is 16.1. The number of nitrogens with zero attached hydrogens (tertiary/aromatic N) is 3. The zero-order chi connectivity index (χ0) is 18.6. The van der Waals surface area contributed by atoms with E-state index in [1.807, 2.05) is 24.3 Å². The number of carbonyl (C=O) groups excluding carboxylic acids is 1. The van der Waals surface area contributed by atoms with Crippen LogP contribution in [0.15, 0.2) is 48.8 Å². The Bertz CT molecular complexity index is 895. The summed E-state index contributed by atoms with van der Waals surface area (Å²) in [6, 6.07) is 5.88. The molecule has 0 bridgehead atoms. The lowest BCUT2D eigenvalue weighted by Gasteiger charge is -2.27. The van der Waals surface area contributed by atoms with Gasteiger partial charge in [-0.15, -0.1) is 0 Å². The van der Waals surface area contributed by atoms with Crippen LogP contribution in [-0.2, 0) is 6.42 Å². The van der Waals surface area contributed by atoms with E-state index >= 15 is 0 Å². The van der Waals surface area contributed by atoms with Gasteiger partial charge in [-0.05, 0) is 35.3 Å². The molecule has 27 heavy (non-hydrogen) atoms. The maximum atomic E-state index is 12.7. The number of nitrogen functional groups attached to an aromatic ring is 1. The number of allylic oxidation sites excluding steroid dienone is 4. The monoisotopic (exact) mass is 361 g/mol. The molecule has 1 aliphatic heterocycles. The smallest absolute Gasteiger partial charge is 0.187 e. The Morgan fingerprint density at radius 1 is 1.19 bits per heavy atom. The van der Waals surface area contributed by atoms with Crippen molar-refractivity contribution in [1.29, 1.82) is 0 Å². The third-order valence-corrected chi connectivity index (χ3v) is 5.00. The van der Waals surface area contributed by atoms with Gasteiger partial charge in [0.25, 0.3) is 0 Å². The molecule has 2 heterocycles. The number of anilines is 2. The second-order valence-electron chi connectivity index (χ2n) is 6.83. The third kappa shape index (κ3) is 3.90. The minimum Gasteiger partial charge on any atom is -0.398 e. The number of nitrogens with two attached hydrogens (primary N) is 1. The number of hydrogen-bond donors (Lipinski definition) is 2. The van der Waals surface area contributed by atoms with Gasteiger partial charge in [-0.25, -0.2) is 9.97 Å². The van der Waals surface area contributed by atoms with Crippen LogP contribution in [0.4, 0.5) is 11.5 Å². The number of Topliss-reactive ketones (excluding diaryl/α,β-unsaturated/α-hetero) is 1. The summed E-state index contributed by atoms with van der Waals surface area (Å²) in [6.07, 6.45) is 10.7. The lowest BCUT2D eigenvalue weighted by Crippen LogP contribution is -2.43. The van der Waals surface area contributed by atoms with Crippen molar-refractivity contribution in [3.05, 3.63) is 65.6 Å². The predicted octanol–water partition coefficient (Wildman–Crippen LogP) is 2.24. The van der Waals surface area contributed by atoms with E-state index in [2.05, 4.69) is 32.3 Å². The first-order valence-electron chi connectivity index (χ1n) is 9.26. The molecule has 4 rings (SSSR count). The zero-order valence-corrected chi connectivity index (χ0v) is 15.2. The van der Waals surface area contributed by atoms with E-state index in [1.54, 1.807) is 12.4 Å². The van der Waals surface area contributed by atoms with Gasteiger partial charge < -0.3 is 16.0 Å². The third-order valence-electron chi connectivity index (χ3n) is 5.00. The van der Waals surface area contributed by atoms with Crippen LogP contribution in [0.25, 0.3) is 5.57 Å². The first-order chi connectivity index (χ1) is 13.2. The SMILES string of the molecule is Nc1ccc(C2=CC=CC2)cc1CC(=O)c1cnc(N2CCNCC2)cn1. The molecule has 0 radical (unpaired) electrons. The second kappa shape index (κ2) is 7.72. The Kier molecular flexibility index (Phi) is 4.98. The van der Waals surface area contributed by atoms with Gasteiger partial charge >= 0.3 is 0 Å². The number of benzene rings is 1. The fourth-order valence-corrected chi connectivity index (χ4v) is 3.41. The van der Waals surface area contributed by atoms with Crippen molar-refractivity contribution < 1.29 is 4.79 Å². The van der Waals surface area contributed by atoms with Crippen molar-refractivity contribution in [1.82, 2.24) is 15.3 Å². The van der Waals surface area contributed by atoms with Crippen molar-refractivity contribution >= 4 is 22.9 Å². The Balaban J connectivity index is 1.48. The van der Waals surface area contributed by atoms with Crippen LogP contribution in [0.5, 0.6) is 0 Å². The van der Waals surface area contributed by atoms with Crippen molar-refractivity contribution in [3.8, 4) is 0 Å². The van der Waals surface area contributed by atoms with E-state index in [9.17, 15) is 4.79 Å². The molecule has 138 valence electrons. The number of nitrogens with one attached hydrogen (secondary N) is 1. The van der Waals surface area contributed by atoms with Crippen molar-refractivity contribution in [2.75, 3.05) is 36.8 Å².